The number of nitrogens with zero attached hydrogens (tertiary/aromatic N) is 3. The number of pyridine rings is 1. The molecular weight excluding hydrogens is 440 g/mol. The molecule has 3 saturated heterocycles. The number of fused-ring (bicyclic) bond motifs is 5. The lowest BCUT2D eigenvalue weighted by Gasteiger charge is -2.46. The van der Waals surface area contributed by atoms with Gasteiger partial charge in [0.05, 0.1) is 48.9 Å². The molecule has 0 spiro atoms. The number of hydrogen-bond acceptors (Lipinski definition) is 6. The Morgan fingerprint density at radius 1 is 1.14 bits per heavy atom. The fourth-order valence-electron chi connectivity index (χ4n) is 6.20. The van der Waals surface area contributed by atoms with Crippen molar-refractivity contribution in [2.75, 3.05) is 28.3 Å². The highest BCUT2D eigenvalue weighted by molar-refractivity contribution is 6.00. The molecule has 4 aliphatic heterocycles. The van der Waals surface area contributed by atoms with Crippen molar-refractivity contribution in [3.05, 3.63) is 42.1 Å². The summed E-state index contributed by atoms with van der Waals surface area (Å²) in [5.74, 6) is 1.07. The predicted molar refractivity (Wildman–Crippen MR) is 137 cm³/mol. The Bertz CT molecular complexity index is 1070. The van der Waals surface area contributed by atoms with Gasteiger partial charge in [-0.05, 0) is 76.6 Å². The van der Waals surface area contributed by atoms with Crippen LogP contribution < -0.4 is 15.1 Å². The molecule has 1 aliphatic carbocycles. The number of ether oxygens (including phenoxy) is 2. The van der Waals surface area contributed by atoms with E-state index in [-0.39, 0.29) is 24.0 Å². The Kier molecular flexibility index (Phi) is 6.14. The Hall–Kier alpha value is -2.64. The van der Waals surface area contributed by atoms with E-state index in [1.807, 2.05) is 11.0 Å². The molecule has 1 saturated carbocycles. The molecule has 1 N–H and O–H groups in total. The maximum atomic E-state index is 14.0. The molecule has 2 aromatic rings. The van der Waals surface area contributed by atoms with Crippen LogP contribution in [0.1, 0.15) is 57.9 Å². The third-order valence-electron chi connectivity index (χ3n) is 8.02. The van der Waals surface area contributed by atoms with E-state index in [4.69, 9.17) is 9.47 Å². The molecule has 2 atom stereocenters. The van der Waals surface area contributed by atoms with Crippen LogP contribution in [0.5, 0.6) is 0 Å². The third-order valence-corrected chi connectivity index (χ3v) is 8.02. The maximum Gasteiger partial charge on any atom is 0.230 e. The van der Waals surface area contributed by atoms with Crippen molar-refractivity contribution in [1.29, 1.82) is 0 Å². The first-order chi connectivity index (χ1) is 17.0. The molecule has 2 bridgehead atoms. The SMILES string of the molecule is CC(C)OC1CCC(C(=O)N2Cc3cccnc3Nc3ccc(N4C[C@@H]5CC[C@H]4CO5)cc32)CC1. The van der Waals surface area contributed by atoms with E-state index in [0.717, 1.165) is 68.0 Å². The molecule has 1 aromatic carbocycles. The highest BCUT2D eigenvalue weighted by Crippen LogP contribution is 2.41. The smallest absolute Gasteiger partial charge is 0.230 e. The van der Waals surface area contributed by atoms with Crippen LogP contribution in [-0.4, -0.2) is 48.4 Å². The van der Waals surface area contributed by atoms with Crippen LogP contribution in [0, 0.1) is 5.92 Å². The zero-order chi connectivity index (χ0) is 23.9. The van der Waals surface area contributed by atoms with Gasteiger partial charge in [0.2, 0.25) is 5.91 Å². The lowest BCUT2D eigenvalue weighted by molar-refractivity contribution is -0.124. The van der Waals surface area contributed by atoms with Crippen LogP contribution in [0.15, 0.2) is 36.5 Å². The van der Waals surface area contributed by atoms with Crippen LogP contribution in [0.4, 0.5) is 22.9 Å². The van der Waals surface area contributed by atoms with Crippen molar-refractivity contribution >= 4 is 28.8 Å². The van der Waals surface area contributed by atoms with Crippen molar-refractivity contribution in [3.8, 4) is 0 Å². The molecule has 7 rings (SSSR count). The summed E-state index contributed by atoms with van der Waals surface area (Å²) >= 11 is 0. The van der Waals surface area contributed by atoms with Gasteiger partial charge in [-0.15, -0.1) is 0 Å². The van der Waals surface area contributed by atoms with Crippen molar-refractivity contribution < 1.29 is 14.3 Å². The van der Waals surface area contributed by atoms with Gasteiger partial charge in [-0.1, -0.05) is 6.07 Å². The van der Waals surface area contributed by atoms with Crippen molar-refractivity contribution in [2.45, 2.75) is 83.3 Å². The zero-order valence-corrected chi connectivity index (χ0v) is 20.8. The van der Waals surface area contributed by atoms with Gasteiger partial charge in [-0.3, -0.25) is 4.79 Å². The Morgan fingerprint density at radius 3 is 2.71 bits per heavy atom. The minimum atomic E-state index is 0.0242. The van der Waals surface area contributed by atoms with Gasteiger partial charge in [0.1, 0.15) is 5.82 Å². The van der Waals surface area contributed by atoms with Gasteiger partial charge < -0.3 is 24.6 Å². The number of piperidine rings is 1. The number of rotatable bonds is 4. The van der Waals surface area contributed by atoms with Crippen LogP contribution in [0.2, 0.25) is 0 Å². The molecule has 186 valence electrons. The highest BCUT2D eigenvalue weighted by atomic mass is 16.5. The van der Waals surface area contributed by atoms with Gasteiger partial charge in [0, 0.05) is 29.9 Å². The van der Waals surface area contributed by atoms with E-state index in [9.17, 15) is 4.79 Å². The van der Waals surface area contributed by atoms with E-state index in [0.29, 0.717) is 18.7 Å². The number of benzene rings is 1. The largest absolute Gasteiger partial charge is 0.376 e. The van der Waals surface area contributed by atoms with E-state index < -0.39 is 0 Å². The Morgan fingerprint density at radius 2 is 2.00 bits per heavy atom. The fourth-order valence-corrected chi connectivity index (χ4v) is 6.20. The second kappa shape index (κ2) is 9.43. The van der Waals surface area contributed by atoms with Gasteiger partial charge in [0.15, 0.2) is 0 Å². The summed E-state index contributed by atoms with van der Waals surface area (Å²) in [6, 6.07) is 10.9. The summed E-state index contributed by atoms with van der Waals surface area (Å²) < 4.78 is 12.0. The first-order valence-electron chi connectivity index (χ1n) is 13.2. The molecule has 0 unspecified atom stereocenters. The van der Waals surface area contributed by atoms with Crippen LogP contribution >= 0.6 is 0 Å². The lowest BCUT2D eigenvalue weighted by Crippen LogP contribution is -2.54. The minimum absolute atomic E-state index is 0.0242. The third kappa shape index (κ3) is 4.52. The number of amides is 1. The Labute approximate surface area is 207 Å². The second-order valence-electron chi connectivity index (χ2n) is 10.8. The van der Waals surface area contributed by atoms with Crippen molar-refractivity contribution in [2.24, 2.45) is 5.92 Å². The molecular formula is C28H36N4O3. The summed E-state index contributed by atoms with van der Waals surface area (Å²) in [6.07, 6.45) is 8.57. The molecule has 1 amide bonds. The first-order valence-corrected chi connectivity index (χ1v) is 13.2. The number of carbonyl (C=O) groups is 1. The minimum Gasteiger partial charge on any atom is -0.376 e. The average Bonchev–Trinajstić information content (AvgIpc) is 3.05. The molecule has 5 heterocycles. The van der Waals surface area contributed by atoms with Gasteiger partial charge in [-0.2, -0.15) is 0 Å². The number of morpholine rings is 1. The first kappa shape index (κ1) is 22.8. The fraction of sp³-hybridized carbons (Fsp3) is 0.571. The topological polar surface area (TPSA) is 66.9 Å². The monoisotopic (exact) mass is 476 g/mol. The van der Waals surface area contributed by atoms with Crippen LogP contribution in [-0.2, 0) is 20.8 Å². The van der Waals surface area contributed by atoms with E-state index in [2.05, 4.69) is 53.3 Å². The quantitative estimate of drug-likeness (QED) is 0.668. The van der Waals surface area contributed by atoms with Crippen LogP contribution in [0.3, 0.4) is 0 Å². The number of carbonyl (C=O) groups excluding carboxylic acids is 1. The normalized spacial score (nSPS) is 27.7. The Balaban J connectivity index is 1.30. The molecule has 7 nitrogen and oxygen atoms in total. The zero-order valence-electron chi connectivity index (χ0n) is 20.8. The molecule has 1 aromatic heterocycles. The van der Waals surface area contributed by atoms with Crippen molar-refractivity contribution in [1.82, 2.24) is 4.98 Å². The number of nitrogens with one attached hydrogen (secondary N) is 1. The summed E-state index contributed by atoms with van der Waals surface area (Å²) in [5.41, 5.74) is 4.11. The average molecular weight is 477 g/mol. The molecule has 4 fully saturated rings. The number of hydrogen-bond donors (Lipinski definition) is 1. The van der Waals surface area contributed by atoms with Crippen LogP contribution in [0.25, 0.3) is 0 Å². The summed E-state index contributed by atoms with van der Waals surface area (Å²) in [6.45, 7) is 6.42. The molecule has 0 radical (unpaired) electrons. The van der Waals surface area contributed by atoms with Gasteiger partial charge in [-0.25, -0.2) is 4.98 Å². The van der Waals surface area contributed by atoms with Gasteiger partial charge in [0.25, 0.3) is 0 Å². The maximum absolute atomic E-state index is 14.0. The summed E-state index contributed by atoms with van der Waals surface area (Å²) in [7, 11) is 0. The number of anilines is 4. The molecule has 7 heteroatoms. The summed E-state index contributed by atoms with van der Waals surface area (Å²) in [4.78, 5) is 23.1. The van der Waals surface area contributed by atoms with Crippen molar-refractivity contribution in [3.63, 3.8) is 0 Å². The highest BCUT2D eigenvalue weighted by Gasteiger charge is 2.37. The standard InChI is InChI=1S/C28H36N4O3/c1-18(2)35-23-9-5-19(6-10-23)28(33)32-15-20-4-3-13-29-27(20)30-25-12-8-21(14-26(25)32)31-16-24-11-7-22(31)17-34-24/h3-4,8,12-14,18-19,22-24H,5-7,9-11,15-17H2,1-2H3,(H,29,30)/t19?,22-,23?,24-/m0/s1. The number of aromatic nitrogens is 1. The molecule has 35 heavy (non-hydrogen) atoms. The predicted octanol–water partition coefficient (Wildman–Crippen LogP) is 5.02. The molecule has 5 aliphatic rings. The van der Waals surface area contributed by atoms with Gasteiger partial charge >= 0.3 is 0 Å². The van der Waals surface area contributed by atoms with E-state index >= 15 is 0 Å². The lowest BCUT2D eigenvalue weighted by atomic mass is 9.86. The van der Waals surface area contributed by atoms with E-state index in [1.165, 1.54) is 12.1 Å². The summed E-state index contributed by atoms with van der Waals surface area (Å²) in [5, 5.41) is 3.52. The second-order valence-corrected chi connectivity index (χ2v) is 10.8. The van der Waals surface area contributed by atoms with E-state index in [1.54, 1.807) is 6.20 Å².